The van der Waals surface area contributed by atoms with Crippen LogP contribution in [0.25, 0.3) is 16.8 Å². The highest BCUT2D eigenvalue weighted by atomic mass is 16.2. The Hall–Kier alpha value is -4.27. The van der Waals surface area contributed by atoms with E-state index in [1.165, 1.54) is 10.8 Å². The summed E-state index contributed by atoms with van der Waals surface area (Å²) < 4.78 is 1.29. The molecule has 0 unspecified atom stereocenters. The first-order chi connectivity index (χ1) is 16.5. The zero-order chi connectivity index (χ0) is 24.3. The Kier molecular flexibility index (Phi) is 8.67. The van der Waals surface area contributed by atoms with Crippen molar-refractivity contribution in [2.75, 3.05) is 6.54 Å². The summed E-state index contributed by atoms with van der Waals surface area (Å²) in [5, 5.41) is 7.45. The summed E-state index contributed by atoms with van der Waals surface area (Å²) >= 11 is 0. The largest absolute Gasteiger partial charge is 0.343 e. The normalized spacial score (nSPS) is 10.9. The van der Waals surface area contributed by atoms with Crippen LogP contribution >= 0.6 is 0 Å². The molecule has 0 spiro atoms. The van der Waals surface area contributed by atoms with Gasteiger partial charge in [-0.25, -0.2) is 4.68 Å². The number of aryl methyl sites for hydroxylation is 1. The van der Waals surface area contributed by atoms with E-state index in [1.54, 1.807) is 30.3 Å². The summed E-state index contributed by atoms with van der Waals surface area (Å²) in [6, 6.07) is 16.0. The Morgan fingerprint density at radius 1 is 0.941 bits per heavy atom. The van der Waals surface area contributed by atoms with Crippen LogP contribution in [0.15, 0.2) is 65.5 Å². The Morgan fingerprint density at radius 2 is 1.65 bits per heavy atom. The number of fused-ring (bicyclic) bond motifs is 1. The number of hydrogen-bond donors (Lipinski definition) is 3. The summed E-state index contributed by atoms with van der Waals surface area (Å²) in [6.07, 6.45) is 5.63. The smallest absolute Gasteiger partial charge is 0.290 e. The monoisotopic (exact) mass is 461 g/mol. The molecule has 1 heterocycles. The number of rotatable bonds is 9. The van der Waals surface area contributed by atoms with Gasteiger partial charge in [-0.3, -0.25) is 30.0 Å². The molecule has 9 nitrogen and oxygen atoms in total. The first kappa shape index (κ1) is 24.4. The van der Waals surface area contributed by atoms with Gasteiger partial charge in [0, 0.05) is 18.0 Å². The molecule has 3 aromatic rings. The molecule has 0 bridgehead atoms. The minimum atomic E-state index is -0.663. The number of amides is 3. The fraction of sp³-hybridized carbons (Fsp3) is 0.240. The van der Waals surface area contributed by atoms with Crippen molar-refractivity contribution in [3.8, 4) is 0 Å². The number of carbonyl (C=O) groups is 3. The van der Waals surface area contributed by atoms with Crippen LogP contribution in [0, 0.1) is 0 Å². The van der Waals surface area contributed by atoms with Gasteiger partial charge in [0.2, 0.25) is 5.91 Å². The quantitative estimate of drug-likeness (QED) is 0.256. The van der Waals surface area contributed by atoms with Crippen LogP contribution in [0.2, 0.25) is 0 Å². The van der Waals surface area contributed by atoms with E-state index in [0.717, 1.165) is 24.8 Å². The van der Waals surface area contributed by atoms with Crippen molar-refractivity contribution in [3.05, 3.63) is 82.3 Å². The lowest BCUT2D eigenvalue weighted by Gasteiger charge is -2.12. The maximum absolute atomic E-state index is 12.8. The molecule has 0 aliphatic rings. The van der Waals surface area contributed by atoms with E-state index in [2.05, 4.69) is 28.2 Å². The van der Waals surface area contributed by atoms with Gasteiger partial charge in [-0.05, 0) is 24.1 Å². The van der Waals surface area contributed by atoms with Gasteiger partial charge >= 0.3 is 0 Å². The summed E-state index contributed by atoms with van der Waals surface area (Å²) in [6.45, 7) is 2.12. The molecule has 3 rings (SSSR count). The summed E-state index contributed by atoms with van der Waals surface area (Å²) in [4.78, 5) is 49.4. The molecule has 0 saturated heterocycles. The number of carbonyl (C=O) groups excluding carboxylic acids is 3. The van der Waals surface area contributed by atoms with Gasteiger partial charge in [0.1, 0.15) is 0 Å². The van der Waals surface area contributed by atoms with Crippen molar-refractivity contribution in [2.45, 2.75) is 32.7 Å². The third-order valence-electron chi connectivity index (χ3n) is 5.02. The number of nitrogens with zero attached hydrogens (tertiary/aromatic N) is 2. The van der Waals surface area contributed by atoms with E-state index in [4.69, 9.17) is 0 Å². The molecule has 1 aromatic heterocycles. The van der Waals surface area contributed by atoms with Crippen molar-refractivity contribution in [1.29, 1.82) is 0 Å². The number of unbranched alkanes of at least 4 members (excludes halogenated alkanes) is 2. The van der Waals surface area contributed by atoms with Crippen LogP contribution in [-0.4, -0.2) is 34.0 Å². The predicted molar refractivity (Wildman–Crippen MR) is 130 cm³/mol. The van der Waals surface area contributed by atoms with Gasteiger partial charge in [-0.2, -0.15) is 5.10 Å². The Balaban J connectivity index is 1.60. The summed E-state index contributed by atoms with van der Waals surface area (Å²) in [5.74, 6) is -1.73. The van der Waals surface area contributed by atoms with Crippen LogP contribution in [0.5, 0.6) is 0 Å². The molecule has 0 aliphatic heterocycles. The molecule has 0 atom stereocenters. The highest BCUT2D eigenvalue weighted by molar-refractivity contribution is 6.05. The van der Waals surface area contributed by atoms with Gasteiger partial charge < -0.3 is 5.32 Å². The molecule has 34 heavy (non-hydrogen) atoms. The Labute approximate surface area is 196 Å². The third-order valence-corrected chi connectivity index (χ3v) is 5.02. The molecule has 0 saturated carbocycles. The summed E-state index contributed by atoms with van der Waals surface area (Å²) in [7, 11) is 0. The molecule has 176 valence electrons. The second-order valence-electron chi connectivity index (χ2n) is 7.59. The average Bonchev–Trinajstić information content (AvgIpc) is 2.87. The summed E-state index contributed by atoms with van der Waals surface area (Å²) in [5.41, 5.74) is 5.17. The number of hydrogen-bond acceptors (Lipinski definition) is 5. The standard InChI is InChI=1S/C25H27N5O4/c1-2-3-9-16-30-25(34)20-13-8-7-12-19(20)23(29-30)24(33)28-27-22(32)17-26-21(31)15-14-18-10-5-4-6-11-18/h4-8,10-15H,2-3,9,16-17H2,1H3,(H,26,31)(H,27,32)(H,28,33)/b15-14+. The molecule has 3 N–H and O–H groups in total. The second-order valence-corrected chi connectivity index (χ2v) is 7.59. The van der Waals surface area contributed by atoms with Crippen LogP contribution in [0.1, 0.15) is 42.2 Å². The van der Waals surface area contributed by atoms with Crippen molar-refractivity contribution < 1.29 is 14.4 Å². The fourth-order valence-corrected chi connectivity index (χ4v) is 3.26. The molecule has 9 heteroatoms. The van der Waals surface area contributed by atoms with E-state index in [-0.39, 0.29) is 17.8 Å². The number of benzene rings is 2. The minimum Gasteiger partial charge on any atom is -0.343 e. The number of hydrazine groups is 1. The molecule has 0 radical (unpaired) electrons. The highest BCUT2D eigenvalue weighted by Gasteiger charge is 2.17. The van der Waals surface area contributed by atoms with Crippen molar-refractivity contribution in [1.82, 2.24) is 25.9 Å². The van der Waals surface area contributed by atoms with Crippen molar-refractivity contribution in [2.24, 2.45) is 0 Å². The van der Waals surface area contributed by atoms with Gasteiger partial charge in [-0.1, -0.05) is 68.3 Å². The molecular weight excluding hydrogens is 434 g/mol. The lowest BCUT2D eigenvalue weighted by atomic mass is 10.1. The maximum Gasteiger partial charge on any atom is 0.290 e. The molecule has 0 fully saturated rings. The Bertz CT molecular complexity index is 1250. The van der Waals surface area contributed by atoms with Crippen molar-refractivity contribution >= 4 is 34.6 Å². The van der Waals surface area contributed by atoms with Crippen LogP contribution < -0.4 is 21.7 Å². The molecule has 3 amide bonds. The Morgan fingerprint density at radius 3 is 2.38 bits per heavy atom. The minimum absolute atomic E-state index is 0.0295. The zero-order valence-electron chi connectivity index (χ0n) is 18.9. The van der Waals surface area contributed by atoms with E-state index in [0.29, 0.717) is 17.3 Å². The lowest BCUT2D eigenvalue weighted by molar-refractivity contribution is -0.124. The van der Waals surface area contributed by atoms with Gasteiger partial charge in [0.05, 0.1) is 11.9 Å². The number of aromatic nitrogens is 2. The van der Waals surface area contributed by atoms with E-state index in [9.17, 15) is 19.2 Å². The van der Waals surface area contributed by atoms with Gasteiger partial charge in [0.15, 0.2) is 5.69 Å². The van der Waals surface area contributed by atoms with E-state index >= 15 is 0 Å². The molecule has 0 aliphatic carbocycles. The van der Waals surface area contributed by atoms with Gasteiger partial charge in [0.25, 0.3) is 17.4 Å². The van der Waals surface area contributed by atoms with Crippen LogP contribution in [-0.2, 0) is 16.1 Å². The van der Waals surface area contributed by atoms with Crippen molar-refractivity contribution in [3.63, 3.8) is 0 Å². The average molecular weight is 462 g/mol. The van der Waals surface area contributed by atoms with Crippen LogP contribution in [0.4, 0.5) is 0 Å². The van der Waals surface area contributed by atoms with E-state index in [1.807, 2.05) is 30.3 Å². The molecule has 2 aromatic carbocycles. The first-order valence-electron chi connectivity index (χ1n) is 11.1. The van der Waals surface area contributed by atoms with E-state index < -0.39 is 17.7 Å². The maximum atomic E-state index is 12.8. The van der Waals surface area contributed by atoms with Crippen LogP contribution in [0.3, 0.4) is 0 Å². The third kappa shape index (κ3) is 6.61. The lowest BCUT2D eigenvalue weighted by Crippen LogP contribution is -2.46. The second kappa shape index (κ2) is 12.1. The topological polar surface area (TPSA) is 122 Å². The highest BCUT2D eigenvalue weighted by Crippen LogP contribution is 2.13. The fourth-order valence-electron chi connectivity index (χ4n) is 3.26. The SMILES string of the molecule is CCCCCn1nc(C(=O)NNC(=O)CNC(=O)/C=C/c2ccccc2)c2ccccc2c1=O. The number of nitrogens with one attached hydrogen (secondary N) is 3. The predicted octanol–water partition coefficient (Wildman–Crippen LogP) is 2.18. The first-order valence-corrected chi connectivity index (χ1v) is 11.1. The molecular formula is C25H27N5O4. The van der Waals surface area contributed by atoms with Gasteiger partial charge in [-0.15, -0.1) is 0 Å². The zero-order valence-corrected chi connectivity index (χ0v) is 18.9.